The van der Waals surface area contributed by atoms with E-state index >= 15 is 0 Å². The number of hydrogen-bond donors (Lipinski definition) is 0. The van der Waals surface area contributed by atoms with Crippen LogP contribution in [-0.2, 0) is 19.6 Å². The molecule has 2 saturated heterocycles. The van der Waals surface area contributed by atoms with Gasteiger partial charge in [-0.05, 0) is 6.42 Å². The zero-order valence-corrected chi connectivity index (χ0v) is 14.3. The van der Waals surface area contributed by atoms with Crippen molar-refractivity contribution in [2.45, 2.75) is 24.0 Å². The van der Waals surface area contributed by atoms with Gasteiger partial charge in [0.25, 0.3) is 0 Å². The van der Waals surface area contributed by atoms with Crippen LogP contribution in [0.3, 0.4) is 0 Å². The number of rotatable bonds is 4. The lowest BCUT2D eigenvalue weighted by atomic mass is 10.00. The summed E-state index contributed by atoms with van der Waals surface area (Å²) in [5.74, 6) is -3.22. The number of alkyl halides is 3. The molecule has 0 spiro atoms. The Kier molecular flexibility index (Phi) is 5.31. The van der Waals surface area contributed by atoms with Gasteiger partial charge in [0.15, 0.2) is 0 Å². The predicted molar refractivity (Wildman–Crippen MR) is 80.6 cm³/mol. The van der Waals surface area contributed by atoms with Crippen molar-refractivity contribution in [1.82, 2.24) is 9.21 Å². The number of carbonyl (C=O) groups excluding carboxylic acids is 1. The first-order valence-electron chi connectivity index (χ1n) is 7.51. The lowest BCUT2D eigenvalue weighted by Crippen LogP contribution is -2.43. The van der Waals surface area contributed by atoms with Gasteiger partial charge >= 0.3 is 6.18 Å². The zero-order valence-electron chi connectivity index (χ0n) is 13.5. The molecule has 138 valence electrons. The Hall–Kier alpha value is -1.13. The number of amides is 1. The second-order valence-corrected chi connectivity index (χ2v) is 8.59. The minimum Gasteiger partial charge on any atom is -0.373 e. The van der Waals surface area contributed by atoms with Gasteiger partial charge in [-0.25, -0.2) is 12.7 Å². The van der Waals surface area contributed by atoms with E-state index in [1.54, 1.807) is 0 Å². The van der Waals surface area contributed by atoms with E-state index in [-0.39, 0.29) is 0 Å². The summed E-state index contributed by atoms with van der Waals surface area (Å²) in [5, 5.41) is -1.69. The Morgan fingerprint density at radius 3 is 2.46 bits per heavy atom. The van der Waals surface area contributed by atoms with Crippen LogP contribution in [0.1, 0.15) is 6.42 Å². The maximum absolute atomic E-state index is 13.3. The molecule has 0 aromatic heterocycles. The molecular weight excluding hydrogens is 349 g/mol. The Labute approximate surface area is 139 Å². The van der Waals surface area contributed by atoms with E-state index in [1.807, 2.05) is 0 Å². The quantitative estimate of drug-likeness (QED) is 0.689. The van der Waals surface area contributed by atoms with E-state index < -0.39 is 58.4 Å². The van der Waals surface area contributed by atoms with Gasteiger partial charge in [-0.2, -0.15) is 13.2 Å². The highest BCUT2D eigenvalue weighted by Crippen LogP contribution is 2.39. The Morgan fingerprint density at radius 2 is 1.96 bits per heavy atom. The average Bonchev–Trinajstić information content (AvgIpc) is 3.12. The van der Waals surface area contributed by atoms with Gasteiger partial charge < -0.3 is 9.64 Å². The molecule has 2 fully saturated rings. The lowest BCUT2D eigenvalue weighted by Gasteiger charge is -2.23. The van der Waals surface area contributed by atoms with E-state index in [0.717, 1.165) is 9.21 Å². The van der Waals surface area contributed by atoms with Crippen molar-refractivity contribution < 1.29 is 31.1 Å². The minimum atomic E-state index is -4.70. The third-order valence-corrected chi connectivity index (χ3v) is 6.84. The summed E-state index contributed by atoms with van der Waals surface area (Å²) >= 11 is 0. The summed E-state index contributed by atoms with van der Waals surface area (Å²) in [6, 6.07) is 0. The number of likely N-dealkylation sites (tertiary alicyclic amines) is 1. The highest BCUT2D eigenvalue weighted by atomic mass is 32.2. The van der Waals surface area contributed by atoms with E-state index in [4.69, 9.17) is 4.74 Å². The van der Waals surface area contributed by atoms with Crippen LogP contribution in [0.4, 0.5) is 13.2 Å². The molecule has 0 aromatic rings. The summed E-state index contributed by atoms with van der Waals surface area (Å²) in [4.78, 5) is 13.6. The summed E-state index contributed by atoms with van der Waals surface area (Å²) in [7, 11) is -1.78. The highest BCUT2D eigenvalue weighted by molar-refractivity contribution is 7.89. The fourth-order valence-corrected chi connectivity index (χ4v) is 4.75. The van der Waals surface area contributed by atoms with Crippen molar-refractivity contribution in [3.63, 3.8) is 0 Å². The average molecular weight is 370 g/mol. The predicted octanol–water partition coefficient (Wildman–Crippen LogP) is 0.858. The van der Waals surface area contributed by atoms with Crippen molar-refractivity contribution in [3.8, 4) is 0 Å². The van der Waals surface area contributed by atoms with Crippen LogP contribution in [0.25, 0.3) is 0 Å². The molecule has 6 nitrogen and oxygen atoms in total. The van der Waals surface area contributed by atoms with Gasteiger partial charge in [-0.15, -0.1) is 6.58 Å². The van der Waals surface area contributed by atoms with Crippen LogP contribution >= 0.6 is 0 Å². The van der Waals surface area contributed by atoms with Gasteiger partial charge in [0.1, 0.15) is 5.25 Å². The Bertz CT molecular complexity index is 606. The summed E-state index contributed by atoms with van der Waals surface area (Å²) in [6.07, 6.45) is -3.42. The lowest BCUT2D eigenvalue weighted by molar-refractivity contribution is -0.170. The molecule has 0 saturated carbocycles. The van der Waals surface area contributed by atoms with Crippen molar-refractivity contribution in [1.29, 1.82) is 0 Å². The van der Waals surface area contributed by atoms with Crippen LogP contribution in [0.5, 0.6) is 0 Å². The normalized spacial score (nSPS) is 31.7. The first kappa shape index (κ1) is 19.2. The molecular formula is C14H21F3N2O4S. The zero-order chi connectivity index (χ0) is 18.3. The number of nitrogens with zero attached hydrogens (tertiary/aromatic N) is 2. The largest absolute Gasteiger partial charge is 0.394 e. The standard InChI is InChI=1S/C14H21F3N2O4S/c1-4-11-9(5-6-23-11)13(20)19-7-10(14(15,16)17)12(8-19)24(21,22)18(2)3/h4,9-12H,1,5-8H2,2-3H3/t9-,10-,11+,12-/m1/s1. The molecule has 0 aromatic carbocycles. The first-order valence-corrected chi connectivity index (χ1v) is 9.01. The van der Waals surface area contributed by atoms with Crippen LogP contribution in [-0.4, -0.2) is 74.9 Å². The van der Waals surface area contributed by atoms with Gasteiger partial charge in [0.2, 0.25) is 15.9 Å². The summed E-state index contributed by atoms with van der Waals surface area (Å²) in [6.45, 7) is 2.76. The van der Waals surface area contributed by atoms with Crippen molar-refractivity contribution in [2.24, 2.45) is 11.8 Å². The van der Waals surface area contributed by atoms with E-state index in [2.05, 4.69) is 6.58 Å². The molecule has 2 heterocycles. The molecule has 0 aliphatic carbocycles. The number of halogens is 3. The molecule has 2 rings (SSSR count). The van der Waals surface area contributed by atoms with Gasteiger partial charge in [0, 0.05) is 33.8 Å². The van der Waals surface area contributed by atoms with Crippen LogP contribution in [0, 0.1) is 11.8 Å². The smallest absolute Gasteiger partial charge is 0.373 e. The fraction of sp³-hybridized carbons (Fsp3) is 0.786. The topological polar surface area (TPSA) is 66.9 Å². The molecule has 24 heavy (non-hydrogen) atoms. The van der Waals surface area contributed by atoms with Gasteiger partial charge in [-0.3, -0.25) is 4.79 Å². The Morgan fingerprint density at radius 1 is 1.33 bits per heavy atom. The molecule has 2 aliphatic heterocycles. The molecule has 2 aliphatic rings. The SMILES string of the molecule is C=C[C@@H]1OCC[C@H]1C(=O)N1C[C@@H](C(F)(F)F)[C@H](S(=O)(=O)N(C)C)C1. The van der Waals surface area contributed by atoms with Crippen molar-refractivity contribution in [3.05, 3.63) is 12.7 Å². The van der Waals surface area contributed by atoms with Gasteiger partial charge in [0.05, 0.1) is 17.9 Å². The third kappa shape index (κ3) is 3.45. The second-order valence-electron chi connectivity index (χ2n) is 6.22. The van der Waals surface area contributed by atoms with E-state index in [9.17, 15) is 26.4 Å². The molecule has 10 heteroatoms. The highest BCUT2D eigenvalue weighted by Gasteiger charge is 2.56. The molecule has 0 radical (unpaired) electrons. The number of ether oxygens (including phenoxy) is 1. The summed E-state index contributed by atoms with van der Waals surface area (Å²) in [5.41, 5.74) is 0. The van der Waals surface area contributed by atoms with Crippen LogP contribution in [0.15, 0.2) is 12.7 Å². The van der Waals surface area contributed by atoms with Crippen molar-refractivity contribution in [2.75, 3.05) is 33.8 Å². The first-order chi connectivity index (χ1) is 11.0. The van der Waals surface area contributed by atoms with E-state index in [1.165, 1.54) is 20.2 Å². The van der Waals surface area contributed by atoms with E-state index in [0.29, 0.717) is 13.0 Å². The van der Waals surface area contributed by atoms with Crippen LogP contribution in [0.2, 0.25) is 0 Å². The number of hydrogen-bond acceptors (Lipinski definition) is 4. The molecule has 1 amide bonds. The molecule has 0 N–H and O–H groups in total. The summed E-state index contributed by atoms with van der Waals surface area (Å²) < 4.78 is 70.5. The number of sulfonamides is 1. The van der Waals surface area contributed by atoms with Crippen LogP contribution < -0.4 is 0 Å². The fourth-order valence-electron chi connectivity index (χ4n) is 3.18. The van der Waals surface area contributed by atoms with Gasteiger partial charge in [-0.1, -0.05) is 6.08 Å². The second kappa shape index (κ2) is 6.64. The maximum atomic E-state index is 13.3. The molecule has 0 bridgehead atoms. The molecule has 0 unspecified atom stereocenters. The Balaban J connectivity index is 2.26. The third-order valence-electron chi connectivity index (χ3n) is 4.58. The monoisotopic (exact) mass is 370 g/mol. The van der Waals surface area contributed by atoms with Crippen molar-refractivity contribution >= 4 is 15.9 Å². The maximum Gasteiger partial charge on any atom is 0.394 e. The number of carbonyl (C=O) groups is 1. The minimum absolute atomic E-state index is 0.322. The molecule has 4 atom stereocenters.